The Balaban J connectivity index is 2.32. The summed E-state index contributed by atoms with van der Waals surface area (Å²) in [5.74, 6) is 1.87. The van der Waals surface area contributed by atoms with Crippen LogP contribution in [0.15, 0.2) is 23.5 Å². The first-order valence-corrected chi connectivity index (χ1v) is 3.69. The predicted octanol–water partition coefficient (Wildman–Crippen LogP) is 0.711. The van der Waals surface area contributed by atoms with Crippen LogP contribution in [-0.2, 0) is 0 Å². The van der Waals surface area contributed by atoms with Crippen molar-refractivity contribution in [3.05, 3.63) is 23.5 Å². The number of rotatable bonds is 0. The second-order valence-electron chi connectivity index (χ2n) is 3.17. The highest BCUT2D eigenvalue weighted by Crippen LogP contribution is 2.42. The van der Waals surface area contributed by atoms with Gasteiger partial charge >= 0.3 is 0 Å². The predicted molar refractivity (Wildman–Crippen MR) is 40.8 cm³/mol. The Kier molecular flexibility index (Phi) is 1.04. The van der Waals surface area contributed by atoms with Crippen molar-refractivity contribution in [1.29, 1.82) is 0 Å². The van der Waals surface area contributed by atoms with Gasteiger partial charge in [-0.3, -0.25) is 0 Å². The fourth-order valence-electron chi connectivity index (χ4n) is 1.95. The van der Waals surface area contributed by atoms with Gasteiger partial charge in [0.2, 0.25) is 0 Å². The van der Waals surface area contributed by atoms with E-state index < -0.39 is 0 Å². The lowest BCUT2D eigenvalue weighted by Gasteiger charge is -2.08. The van der Waals surface area contributed by atoms with Crippen molar-refractivity contribution < 1.29 is 0 Å². The normalized spacial score (nSPS) is 35.4. The second kappa shape index (κ2) is 1.78. The van der Waals surface area contributed by atoms with Gasteiger partial charge in [0.25, 0.3) is 0 Å². The molecule has 1 saturated carbocycles. The van der Waals surface area contributed by atoms with E-state index in [1.165, 1.54) is 12.0 Å². The van der Waals surface area contributed by atoms with Crippen LogP contribution in [-0.4, -0.2) is 0 Å². The van der Waals surface area contributed by atoms with Crippen LogP contribution in [0.5, 0.6) is 0 Å². The highest BCUT2D eigenvalue weighted by Gasteiger charge is 2.31. The van der Waals surface area contributed by atoms with E-state index >= 15 is 0 Å². The smallest absolute Gasteiger partial charge is 0.0931 e. The van der Waals surface area contributed by atoms with Gasteiger partial charge < -0.3 is 11.5 Å². The number of hydrogen-bond acceptors (Lipinski definition) is 2. The van der Waals surface area contributed by atoms with Crippen molar-refractivity contribution in [2.24, 2.45) is 23.3 Å². The van der Waals surface area contributed by atoms with Crippen LogP contribution < -0.4 is 11.5 Å². The lowest BCUT2D eigenvalue weighted by molar-refractivity contribution is 0.693. The van der Waals surface area contributed by atoms with E-state index in [9.17, 15) is 0 Å². The molecule has 0 spiro atoms. The number of hydrogen-bond donors (Lipinski definition) is 2. The minimum Gasteiger partial charge on any atom is -0.386 e. The molecule has 0 radical (unpaired) electrons. The van der Waals surface area contributed by atoms with E-state index in [1.54, 1.807) is 0 Å². The molecule has 2 aliphatic carbocycles. The maximum absolute atomic E-state index is 5.51. The summed E-state index contributed by atoms with van der Waals surface area (Å²) in [5, 5.41) is 0. The Hall–Kier alpha value is -0.920. The third-order valence-corrected chi connectivity index (χ3v) is 2.47. The molecular weight excluding hydrogens is 124 g/mol. The van der Waals surface area contributed by atoms with Crippen molar-refractivity contribution in [3.63, 3.8) is 0 Å². The number of nitrogens with two attached hydrogens (primary N) is 2. The lowest BCUT2D eigenvalue weighted by Crippen LogP contribution is -2.14. The summed E-state index contributed by atoms with van der Waals surface area (Å²) >= 11 is 0. The number of fused-ring (bicyclic) bond motifs is 2. The quantitative estimate of drug-likeness (QED) is 0.482. The van der Waals surface area contributed by atoms with Crippen LogP contribution in [0.3, 0.4) is 0 Å². The molecule has 0 saturated heterocycles. The van der Waals surface area contributed by atoms with Crippen LogP contribution in [0.2, 0.25) is 0 Å². The van der Waals surface area contributed by atoms with Crippen molar-refractivity contribution in [2.45, 2.75) is 12.8 Å². The zero-order valence-corrected chi connectivity index (χ0v) is 5.88. The lowest BCUT2D eigenvalue weighted by atomic mass is 10.0. The summed E-state index contributed by atoms with van der Waals surface area (Å²) in [4.78, 5) is 0. The summed E-state index contributed by atoms with van der Waals surface area (Å²) in [6, 6.07) is 0. The van der Waals surface area contributed by atoms with Crippen LogP contribution >= 0.6 is 0 Å². The van der Waals surface area contributed by atoms with E-state index in [1.807, 2.05) is 0 Å². The number of allylic oxidation sites excluding steroid dienone is 3. The molecule has 2 rings (SSSR count). The fraction of sp³-hybridized carbons (Fsp3) is 0.500. The van der Waals surface area contributed by atoms with E-state index in [-0.39, 0.29) is 0 Å². The van der Waals surface area contributed by atoms with Gasteiger partial charge in [0.1, 0.15) is 0 Å². The molecule has 2 nitrogen and oxygen atoms in total. The zero-order valence-electron chi connectivity index (χ0n) is 5.88. The monoisotopic (exact) mass is 136 g/mol. The molecule has 0 heterocycles. The molecule has 2 heteroatoms. The summed E-state index contributed by atoms with van der Waals surface area (Å²) < 4.78 is 0. The largest absolute Gasteiger partial charge is 0.386 e. The van der Waals surface area contributed by atoms with Crippen molar-refractivity contribution in [3.8, 4) is 0 Å². The first-order valence-electron chi connectivity index (χ1n) is 3.69. The van der Waals surface area contributed by atoms with Gasteiger partial charge in [0.05, 0.1) is 5.82 Å². The van der Waals surface area contributed by atoms with Crippen molar-refractivity contribution in [2.75, 3.05) is 0 Å². The van der Waals surface area contributed by atoms with E-state index in [4.69, 9.17) is 11.5 Å². The van der Waals surface area contributed by atoms with Gasteiger partial charge in [0, 0.05) is 5.92 Å². The van der Waals surface area contributed by atoms with Gasteiger partial charge in [-0.15, -0.1) is 0 Å². The van der Waals surface area contributed by atoms with E-state index in [0.29, 0.717) is 11.7 Å². The molecule has 0 amide bonds. The second-order valence-corrected chi connectivity index (χ2v) is 3.17. The minimum absolute atomic E-state index is 0.553. The van der Waals surface area contributed by atoms with E-state index in [2.05, 4.69) is 12.2 Å². The first kappa shape index (κ1) is 5.83. The molecule has 2 atom stereocenters. The Morgan fingerprint density at radius 2 is 2.20 bits per heavy atom. The molecule has 10 heavy (non-hydrogen) atoms. The average molecular weight is 136 g/mol. The zero-order chi connectivity index (χ0) is 7.14. The first-order chi connectivity index (χ1) is 4.77. The molecule has 2 unspecified atom stereocenters. The Morgan fingerprint density at radius 3 is 2.50 bits per heavy atom. The van der Waals surface area contributed by atoms with Crippen LogP contribution in [0, 0.1) is 11.8 Å². The molecule has 1 fully saturated rings. The Labute approximate surface area is 60.6 Å². The maximum Gasteiger partial charge on any atom is 0.0931 e. The van der Waals surface area contributed by atoms with Gasteiger partial charge in [-0.25, -0.2) is 0 Å². The molecule has 0 aromatic rings. The molecule has 54 valence electrons. The van der Waals surface area contributed by atoms with Gasteiger partial charge in [-0.1, -0.05) is 12.2 Å². The minimum atomic E-state index is 0.553. The maximum atomic E-state index is 5.51. The van der Waals surface area contributed by atoms with Crippen molar-refractivity contribution >= 4 is 0 Å². The highest BCUT2D eigenvalue weighted by molar-refractivity contribution is 5.29. The summed E-state index contributed by atoms with van der Waals surface area (Å²) in [7, 11) is 0. The summed E-state index contributed by atoms with van der Waals surface area (Å²) in [6.07, 6.45) is 6.84. The molecule has 0 aromatic heterocycles. The van der Waals surface area contributed by atoms with Gasteiger partial charge in [-0.05, 0) is 24.3 Å². The van der Waals surface area contributed by atoms with Gasteiger partial charge in [0.15, 0.2) is 0 Å². The molecular formula is C8H12N2. The van der Waals surface area contributed by atoms with Crippen LogP contribution in [0.1, 0.15) is 12.8 Å². The molecule has 0 aliphatic heterocycles. The fourth-order valence-corrected chi connectivity index (χ4v) is 1.95. The van der Waals surface area contributed by atoms with Crippen molar-refractivity contribution in [1.82, 2.24) is 0 Å². The third-order valence-electron chi connectivity index (χ3n) is 2.47. The molecule has 2 bridgehead atoms. The average Bonchev–Trinajstić information content (AvgIpc) is 2.44. The Bertz CT molecular complexity index is 211. The topological polar surface area (TPSA) is 52.0 Å². The SMILES string of the molecule is NC(N)=C1CC2C=CC1C2. The highest BCUT2D eigenvalue weighted by atomic mass is 14.8. The molecule has 4 N–H and O–H groups in total. The third kappa shape index (κ3) is 0.649. The standard InChI is InChI=1S/C8H12N2/c9-8(10)7-4-5-1-2-6(7)3-5/h1-2,5-6H,3-4,9-10H2. The summed E-state index contributed by atoms with van der Waals surface area (Å²) in [6.45, 7) is 0. The molecule has 0 aromatic carbocycles. The summed E-state index contributed by atoms with van der Waals surface area (Å²) in [5.41, 5.74) is 12.3. The van der Waals surface area contributed by atoms with E-state index in [0.717, 1.165) is 12.3 Å². The Morgan fingerprint density at radius 1 is 1.40 bits per heavy atom. The van der Waals surface area contributed by atoms with Gasteiger partial charge in [-0.2, -0.15) is 0 Å². The molecule has 2 aliphatic rings. The van der Waals surface area contributed by atoms with Crippen LogP contribution in [0.4, 0.5) is 0 Å². The van der Waals surface area contributed by atoms with Crippen LogP contribution in [0.25, 0.3) is 0 Å².